The van der Waals surface area contributed by atoms with Crippen molar-refractivity contribution in [3.8, 4) is 91.3 Å². The van der Waals surface area contributed by atoms with Gasteiger partial charge in [-0.05, 0) is 170 Å². The van der Waals surface area contributed by atoms with Crippen LogP contribution in [-0.2, 0) is 18.3 Å². The van der Waals surface area contributed by atoms with E-state index in [0.717, 1.165) is 78.7 Å². The zero-order chi connectivity index (χ0) is 52.7. The maximum absolute atomic E-state index is 11.2. The second-order valence-corrected chi connectivity index (χ2v) is 20.6. The fourth-order valence-corrected chi connectivity index (χ4v) is 12.5. The first kappa shape index (κ1) is 46.5. The fraction of sp³-hybridized carbons (Fsp3) is 0.0986. The minimum absolute atomic E-state index is 0.263. The third kappa shape index (κ3) is 7.12. The Labute approximate surface area is 447 Å². The molecule has 0 unspecified atom stereocenters. The summed E-state index contributed by atoms with van der Waals surface area (Å²) in [7, 11) is 0. The van der Waals surface area contributed by atoms with Crippen molar-refractivity contribution in [2.24, 2.45) is 0 Å². The summed E-state index contributed by atoms with van der Waals surface area (Å²) in [6, 6.07) is 76.7. The molecule has 362 valence electrons. The molecule has 2 aromatic heterocycles. The van der Waals surface area contributed by atoms with Gasteiger partial charge in [0.2, 0.25) is 0 Å². The number of hydrogen-bond acceptors (Lipinski definition) is 4. The summed E-state index contributed by atoms with van der Waals surface area (Å²) in [6.07, 6.45) is 1.71. The van der Waals surface area contributed by atoms with Crippen molar-refractivity contribution in [2.75, 3.05) is 0 Å². The Bertz CT molecular complexity index is 4600. The average Bonchev–Trinajstić information content (AvgIpc) is 4.18. The molecule has 0 saturated heterocycles. The van der Waals surface area contributed by atoms with Crippen LogP contribution in [0.15, 0.2) is 194 Å². The third-order valence-corrected chi connectivity index (χ3v) is 16.2. The number of nitriles is 4. The van der Waals surface area contributed by atoms with E-state index >= 15 is 0 Å². The summed E-state index contributed by atoms with van der Waals surface area (Å²) < 4.78 is 4.21. The van der Waals surface area contributed by atoms with Gasteiger partial charge >= 0.3 is 0 Å². The van der Waals surface area contributed by atoms with Crippen molar-refractivity contribution in [1.82, 2.24) is 9.13 Å². The Morgan fingerprint density at radius 2 is 0.766 bits per heavy atom. The van der Waals surface area contributed by atoms with Gasteiger partial charge in [0.25, 0.3) is 0 Å². The Hall–Kier alpha value is -10.2. The average molecular weight is 985 g/mol. The van der Waals surface area contributed by atoms with E-state index < -0.39 is 0 Å². The van der Waals surface area contributed by atoms with E-state index in [1.165, 1.54) is 44.5 Å². The number of fused-ring (bicyclic) bond motifs is 9. The van der Waals surface area contributed by atoms with Crippen LogP contribution in [0.1, 0.15) is 72.2 Å². The smallest absolute Gasteiger partial charge is 0.101 e. The SMILES string of the molecule is CCc1ccccc1-c1cc2c3ccccc3n(-c3c(C#N)cc(-c4cc(-c5ccccc5)cc(-c5cc(C#N)c(-n6c7ccccc7c7cc8c(cc76)C(C)(C)c6ccccc6-8)c(C#N)c5)c4)cc3C#N)c2cc1CC. The van der Waals surface area contributed by atoms with Gasteiger partial charge < -0.3 is 9.13 Å². The van der Waals surface area contributed by atoms with Crippen LogP contribution in [0.2, 0.25) is 0 Å². The maximum Gasteiger partial charge on any atom is 0.101 e. The van der Waals surface area contributed by atoms with E-state index in [0.29, 0.717) is 44.8 Å². The molecule has 13 rings (SSSR count). The standard InChI is InChI=1S/C71H48N6/c1-5-43-18-10-11-21-55(43)59-36-61-57-23-13-16-26-65(57)76(67(61)35-44(59)6-2)69-51(39-72)31-49(32-52(69)40-73)47-28-46(45-19-8-7-9-20-45)29-48(30-47)50-33-53(41-74)70(54(34-50)42-75)77-66-27-17-14-24-58(66)62-37-60-56-22-12-15-25-63(56)71(3,4)64(60)38-68(62)77/h7-38H,5-6H2,1-4H3. The van der Waals surface area contributed by atoms with Crippen LogP contribution in [0, 0.1) is 45.3 Å². The Morgan fingerprint density at radius 1 is 0.338 bits per heavy atom. The summed E-state index contributed by atoms with van der Waals surface area (Å²) in [4.78, 5) is 0. The normalized spacial score (nSPS) is 12.3. The van der Waals surface area contributed by atoms with Gasteiger partial charge in [0, 0.05) is 27.0 Å². The lowest BCUT2D eigenvalue weighted by Gasteiger charge is -2.22. The van der Waals surface area contributed by atoms with E-state index in [1.54, 1.807) is 0 Å². The Kier molecular flexibility index (Phi) is 10.9. The van der Waals surface area contributed by atoms with Crippen LogP contribution in [0.4, 0.5) is 0 Å². The number of rotatable bonds is 8. The number of aromatic nitrogens is 2. The molecule has 12 aromatic rings. The minimum Gasteiger partial charge on any atom is -0.307 e. The topological polar surface area (TPSA) is 105 Å². The van der Waals surface area contributed by atoms with Crippen molar-refractivity contribution < 1.29 is 0 Å². The molecule has 10 aromatic carbocycles. The maximum atomic E-state index is 11.2. The molecule has 1 aliphatic carbocycles. The van der Waals surface area contributed by atoms with Crippen LogP contribution in [0.3, 0.4) is 0 Å². The first-order valence-corrected chi connectivity index (χ1v) is 26.2. The molecule has 0 radical (unpaired) electrons. The molecule has 2 heterocycles. The summed E-state index contributed by atoms with van der Waals surface area (Å²) >= 11 is 0. The van der Waals surface area contributed by atoms with Crippen LogP contribution in [0.5, 0.6) is 0 Å². The highest BCUT2D eigenvalue weighted by molar-refractivity contribution is 6.13. The molecule has 0 N–H and O–H groups in total. The molecule has 0 bridgehead atoms. The number of nitrogens with zero attached hydrogens (tertiary/aromatic N) is 6. The Balaban J connectivity index is 0.996. The van der Waals surface area contributed by atoms with Gasteiger partial charge in [-0.25, -0.2) is 0 Å². The van der Waals surface area contributed by atoms with E-state index in [1.807, 2.05) is 72.8 Å². The fourth-order valence-electron chi connectivity index (χ4n) is 12.5. The first-order chi connectivity index (χ1) is 37.7. The molecule has 0 spiro atoms. The summed E-state index contributed by atoms with van der Waals surface area (Å²) in [5, 5.41) is 49.0. The van der Waals surface area contributed by atoms with E-state index in [9.17, 15) is 21.0 Å². The van der Waals surface area contributed by atoms with Crippen molar-refractivity contribution in [1.29, 1.82) is 21.0 Å². The summed E-state index contributed by atoms with van der Waals surface area (Å²) in [6.45, 7) is 8.88. The van der Waals surface area contributed by atoms with Crippen LogP contribution < -0.4 is 0 Å². The van der Waals surface area contributed by atoms with Gasteiger partial charge in [-0.2, -0.15) is 21.0 Å². The molecule has 6 heteroatoms. The lowest BCUT2D eigenvalue weighted by molar-refractivity contribution is 0.661. The number of benzene rings is 10. The van der Waals surface area contributed by atoms with Crippen LogP contribution in [0.25, 0.3) is 111 Å². The zero-order valence-electron chi connectivity index (χ0n) is 43.1. The van der Waals surface area contributed by atoms with Gasteiger partial charge in [0.15, 0.2) is 0 Å². The summed E-state index contributed by atoms with van der Waals surface area (Å²) in [5.74, 6) is 0. The van der Waals surface area contributed by atoms with Crippen molar-refractivity contribution >= 4 is 43.6 Å². The predicted octanol–water partition coefficient (Wildman–Crippen LogP) is 17.5. The summed E-state index contributed by atoms with van der Waals surface area (Å²) in [5.41, 5.74) is 20.5. The molecule has 0 amide bonds. The largest absolute Gasteiger partial charge is 0.307 e. The lowest BCUT2D eigenvalue weighted by Crippen LogP contribution is -2.15. The van der Waals surface area contributed by atoms with Gasteiger partial charge in [0.1, 0.15) is 24.3 Å². The molecule has 6 nitrogen and oxygen atoms in total. The first-order valence-electron chi connectivity index (χ1n) is 26.2. The lowest BCUT2D eigenvalue weighted by atomic mass is 9.82. The second kappa shape index (κ2) is 18.0. The monoisotopic (exact) mass is 984 g/mol. The van der Waals surface area contributed by atoms with Crippen molar-refractivity contribution in [3.63, 3.8) is 0 Å². The number of para-hydroxylation sites is 2. The molecule has 0 saturated carbocycles. The Morgan fingerprint density at radius 3 is 1.30 bits per heavy atom. The second-order valence-electron chi connectivity index (χ2n) is 20.6. The molecule has 0 aliphatic heterocycles. The molecule has 0 atom stereocenters. The van der Waals surface area contributed by atoms with Gasteiger partial charge in [-0.1, -0.05) is 143 Å². The van der Waals surface area contributed by atoms with Crippen molar-refractivity contribution in [3.05, 3.63) is 239 Å². The predicted molar refractivity (Wildman–Crippen MR) is 312 cm³/mol. The highest BCUT2D eigenvalue weighted by Gasteiger charge is 2.36. The molecule has 0 fully saturated rings. The zero-order valence-corrected chi connectivity index (χ0v) is 43.1. The van der Waals surface area contributed by atoms with E-state index in [4.69, 9.17) is 0 Å². The van der Waals surface area contributed by atoms with Crippen molar-refractivity contribution in [2.45, 2.75) is 46.0 Å². The number of hydrogen-bond donors (Lipinski definition) is 0. The highest BCUT2D eigenvalue weighted by atomic mass is 15.0. The molecular formula is C71H48N6. The number of aryl methyl sites for hydroxylation is 2. The van der Waals surface area contributed by atoms with E-state index in [2.05, 4.69) is 182 Å². The van der Waals surface area contributed by atoms with Crippen LogP contribution >= 0.6 is 0 Å². The quantitative estimate of drug-likeness (QED) is 0.151. The van der Waals surface area contributed by atoms with E-state index in [-0.39, 0.29) is 5.41 Å². The minimum atomic E-state index is -0.263. The third-order valence-electron chi connectivity index (χ3n) is 16.2. The molecule has 77 heavy (non-hydrogen) atoms. The highest BCUT2D eigenvalue weighted by Crippen LogP contribution is 2.51. The van der Waals surface area contributed by atoms with Gasteiger partial charge in [-0.3, -0.25) is 0 Å². The molecule has 1 aliphatic rings. The van der Waals surface area contributed by atoms with Gasteiger partial charge in [0.05, 0.1) is 55.7 Å². The molecular weight excluding hydrogens is 937 g/mol. The van der Waals surface area contributed by atoms with Gasteiger partial charge in [-0.15, -0.1) is 0 Å². The van der Waals surface area contributed by atoms with Crippen LogP contribution in [-0.4, -0.2) is 9.13 Å².